The smallest absolute Gasteiger partial charge is 0.267 e. The number of halogens is 6. The first-order valence-electron chi connectivity index (χ1n) is 3.42. The molecule has 5 nitrogen and oxygen atoms in total. The molecule has 0 aliphatic heterocycles. The average molecular weight is 249 g/mol. The van der Waals surface area contributed by atoms with Gasteiger partial charge in [0.1, 0.15) is 0 Å². The lowest BCUT2D eigenvalue weighted by Gasteiger charge is -2.03. The fraction of sp³-hybridized carbons (Fsp3) is 0.400. The van der Waals surface area contributed by atoms with Crippen molar-refractivity contribution >= 4 is 5.69 Å². The Kier molecular flexibility index (Phi) is 2.57. The number of aromatic nitrogens is 2. The van der Waals surface area contributed by atoms with Gasteiger partial charge >= 0.3 is 18.0 Å². The molecule has 0 saturated heterocycles. The van der Waals surface area contributed by atoms with E-state index in [-0.39, 0.29) is 0 Å². The van der Waals surface area contributed by atoms with Gasteiger partial charge in [-0.2, -0.15) is 31.4 Å². The summed E-state index contributed by atoms with van der Waals surface area (Å²) in [4.78, 5) is 8.36. The molecule has 0 saturated carbocycles. The van der Waals surface area contributed by atoms with E-state index in [0.29, 0.717) is 0 Å². The van der Waals surface area contributed by atoms with E-state index < -0.39 is 34.4 Å². The molecule has 90 valence electrons. The standard InChI is InChI=1S/C5HF6N3O2/c6-4(7,8)2-1(14(15)16)3(13-12-2)5(9,10)11/h(H,12,13). The lowest BCUT2D eigenvalue weighted by atomic mass is 10.3. The number of nitro groups is 1. The normalized spacial score (nSPS) is 12.9. The van der Waals surface area contributed by atoms with Crippen LogP contribution in [0, 0.1) is 10.1 Å². The molecule has 1 aromatic rings. The summed E-state index contributed by atoms with van der Waals surface area (Å²) in [6.07, 6.45) is -10.6. The van der Waals surface area contributed by atoms with E-state index in [2.05, 4.69) is 5.10 Å². The first-order valence-corrected chi connectivity index (χ1v) is 3.42. The Bertz CT molecular complexity index is 387. The zero-order chi connectivity index (χ0) is 12.7. The van der Waals surface area contributed by atoms with Crippen LogP contribution in [0.3, 0.4) is 0 Å². The molecule has 16 heavy (non-hydrogen) atoms. The molecule has 1 N–H and O–H groups in total. The first-order chi connectivity index (χ1) is 7.05. The van der Waals surface area contributed by atoms with Gasteiger partial charge in [-0.1, -0.05) is 0 Å². The van der Waals surface area contributed by atoms with Crippen molar-refractivity contribution in [3.8, 4) is 0 Å². The minimum atomic E-state index is -5.33. The maximum Gasteiger partial charge on any atom is 0.442 e. The second kappa shape index (κ2) is 3.35. The molecular formula is C5HF6N3O2. The predicted octanol–water partition coefficient (Wildman–Crippen LogP) is 2.36. The Labute approximate surface area is 82.2 Å². The molecule has 1 rings (SSSR count). The van der Waals surface area contributed by atoms with Gasteiger partial charge in [-0.15, -0.1) is 0 Å². The zero-order valence-corrected chi connectivity index (χ0v) is 6.98. The van der Waals surface area contributed by atoms with Gasteiger partial charge in [0.2, 0.25) is 11.4 Å². The van der Waals surface area contributed by atoms with Gasteiger partial charge in [0.25, 0.3) is 0 Å². The zero-order valence-electron chi connectivity index (χ0n) is 6.98. The molecule has 0 unspecified atom stereocenters. The number of rotatable bonds is 1. The molecule has 0 fully saturated rings. The Hall–Kier alpha value is -1.81. The van der Waals surface area contributed by atoms with Crippen LogP contribution >= 0.6 is 0 Å². The van der Waals surface area contributed by atoms with Gasteiger partial charge < -0.3 is 0 Å². The van der Waals surface area contributed by atoms with E-state index in [9.17, 15) is 36.5 Å². The number of hydrogen-bond donors (Lipinski definition) is 1. The van der Waals surface area contributed by atoms with E-state index in [1.54, 1.807) is 0 Å². The van der Waals surface area contributed by atoms with Gasteiger partial charge in [0.05, 0.1) is 4.92 Å². The van der Waals surface area contributed by atoms with E-state index in [4.69, 9.17) is 0 Å². The molecule has 0 radical (unpaired) electrons. The molecular weight excluding hydrogens is 248 g/mol. The number of hydrogen-bond acceptors (Lipinski definition) is 3. The second-order valence-electron chi connectivity index (χ2n) is 2.55. The Morgan fingerprint density at radius 3 is 1.94 bits per heavy atom. The van der Waals surface area contributed by atoms with Crippen molar-refractivity contribution in [2.75, 3.05) is 0 Å². The average Bonchev–Trinajstić information content (AvgIpc) is 2.43. The highest BCUT2D eigenvalue weighted by Gasteiger charge is 2.50. The first kappa shape index (κ1) is 12.3. The molecule has 0 aromatic carbocycles. The van der Waals surface area contributed by atoms with Crippen molar-refractivity contribution in [3.05, 3.63) is 21.5 Å². The topological polar surface area (TPSA) is 71.8 Å². The summed E-state index contributed by atoms with van der Waals surface area (Å²) in [5.74, 6) is 0. The Balaban J connectivity index is 3.47. The van der Waals surface area contributed by atoms with E-state index >= 15 is 0 Å². The van der Waals surface area contributed by atoms with Crippen LogP contribution in [0.4, 0.5) is 32.0 Å². The molecule has 0 atom stereocenters. The van der Waals surface area contributed by atoms with Gasteiger partial charge in [-0.25, -0.2) is 0 Å². The van der Waals surface area contributed by atoms with Crippen LogP contribution in [0.15, 0.2) is 0 Å². The number of alkyl halides is 6. The highest BCUT2D eigenvalue weighted by Crippen LogP contribution is 2.41. The summed E-state index contributed by atoms with van der Waals surface area (Å²) in [6, 6.07) is 0. The highest BCUT2D eigenvalue weighted by molar-refractivity contribution is 5.43. The van der Waals surface area contributed by atoms with Crippen molar-refractivity contribution in [1.29, 1.82) is 0 Å². The summed E-state index contributed by atoms with van der Waals surface area (Å²) in [5.41, 5.74) is -6.46. The monoisotopic (exact) mass is 249 g/mol. The van der Waals surface area contributed by atoms with E-state index in [0.717, 1.165) is 5.10 Å². The van der Waals surface area contributed by atoms with Gasteiger partial charge in [-0.3, -0.25) is 15.2 Å². The lowest BCUT2D eigenvalue weighted by Crippen LogP contribution is -2.12. The van der Waals surface area contributed by atoms with Crippen molar-refractivity contribution < 1.29 is 31.3 Å². The molecule has 0 aliphatic rings. The maximum absolute atomic E-state index is 12.1. The minimum Gasteiger partial charge on any atom is -0.267 e. The summed E-state index contributed by atoms with van der Waals surface area (Å²) in [7, 11) is 0. The van der Waals surface area contributed by atoms with Crippen molar-refractivity contribution in [3.63, 3.8) is 0 Å². The van der Waals surface area contributed by atoms with Crippen LogP contribution in [0.5, 0.6) is 0 Å². The largest absolute Gasteiger partial charge is 0.442 e. The summed E-state index contributed by atoms with van der Waals surface area (Å²) in [5, 5.41) is 13.4. The molecule has 0 amide bonds. The second-order valence-corrected chi connectivity index (χ2v) is 2.55. The quantitative estimate of drug-likeness (QED) is 0.471. The Morgan fingerprint density at radius 2 is 1.62 bits per heavy atom. The van der Waals surface area contributed by atoms with Crippen molar-refractivity contribution in [2.24, 2.45) is 0 Å². The van der Waals surface area contributed by atoms with Crippen LogP contribution < -0.4 is 0 Å². The summed E-state index contributed by atoms with van der Waals surface area (Å²) >= 11 is 0. The molecule has 0 aliphatic carbocycles. The van der Waals surface area contributed by atoms with Crippen LogP contribution in [0.25, 0.3) is 0 Å². The summed E-state index contributed by atoms with van der Waals surface area (Å²) in [6.45, 7) is 0. The molecule has 1 aromatic heterocycles. The van der Waals surface area contributed by atoms with E-state index in [1.807, 2.05) is 0 Å². The number of nitrogens with zero attached hydrogens (tertiary/aromatic N) is 2. The third-order valence-corrected chi connectivity index (χ3v) is 1.48. The van der Waals surface area contributed by atoms with Crippen LogP contribution in [0.2, 0.25) is 0 Å². The fourth-order valence-electron chi connectivity index (χ4n) is 0.909. The molecule has 11 heteroatoms. The van der Waals surface area contributed by atoms with Crippen LogP contribution in [-0.2, 0) is 12.4 Å². The molecule has 0 spiro atoms. The Morgan fingerprint density at radius 1 is 1.12 bits per heavy atom. The SMILES string of the molecule is O=[N+]([O-])c1c(C(F)(F)F)n[nH]c1C(F)(F)F. The number of H-pyrrole nitrogens is 1. The number of nitrogens with one attached hydrogen (secondary N) is 1. The fourth-order valence-corrected chi connectivity index (χ4v) is 0.909. The van der Waals surface area contributed by atoms with Gasteiger partial charge in [0.15, 0.2) is 0 Å². The molecule has 1 heterocycles. The lowest BCUT2D eigenvalue weighted by molar-refractivity contribution is -0.391. The third-order valence-electron chi connectivity index (χ3n) is 1.48. The predicted molar refractivity (Wildman–Crippen MR) is 35.2 cm³/mol. The van der Waals surface area contributed by atoms with E-state index in [1.165, 1.54) is 0 Å². The number of aromatic amines is 1. The highest BCUT2D eigenvalue weighted by atomic mass is 19.4. The van der Waals surface area contributed by atoms with Crippen molar-refractivity contribution in [2.45, 2.75) is 12.4 Å². The van der Waals surface area contributed by atoms with Crippen LogP contribution in [0.1, 0.15) is 11.4 Å². The van der Waals surface area contributed by atoms with Gasteiger partial charge in [-0.05, 0) is 0 Å². The minimum absolute atomic E-state index is 0.966. The summed E-state index contributed by atoms with van der Waals surface area (Å²) < 4.78 is 72.4. The van der Waals surface area contributed by atoms with Gasteiger partial charge in [0, 0.05) is 0 Å². The third kappa shape index (κ3) is 2.06. The maximum atomic E-state index is 12.1. The van der Waals surface area contributed by atoms with Crippen molar-refractivity contribution in [1.82, 2.24) is 10.2 Å². The van der Waals surface area contributed by atoms with Crippen LogP contribution in [-0.4, -0.2) is 15.1 Å². The molecule has 0 bridgehead atoms.